The van der Waals surface area contributed by atoms with Gasteiger partial charge < -0.3 is 9.88 Å². The zero-order valence-corrected chi connectivity index (χ0v) is 12.2. The Morgan fingerprint density at radius 3 is 3.05 bits per heavy atom. The summed E-state index contributed by atoms with van der Waals surface area (Å²) in [4.78, 5) is 21.0. The molecule has 0 aliphatic heterocycles. The third kappa shape index (κ3) is 2.77. The number of amides is 1. The van der Waals surface area contributed by atoms with Crippen LogP contribution in [0.1, 0.15) is 24.2 Å². The monoisotopic (exact) mass is 292 g/mol. The van der Waals surface area contributed by atoms with E-state index in [9.17, 15) is 4.79 Å². The maximum absolute atomic E-state index is 12.0. The molecular formula is C14H17ClN4O. The van der Waals surface area contributed by atoms with E-state index in [-0.39, 0.29) is 12.5 Å². The molecule has 0 spiro atoms. The highest BCUT2D eigenvalue weighted by Crippen LogP contribution is 2.19. The Balaban J connectivity index is 1.92. The molecule has 0 saturated heterocycles. The minimum absolute atomic E-state index is 0.0185. The lowest BCUT2D eigenvalue weighted by Crippen LogP contribution is -2.30. The number of halogens is 1. The van der Waals surface area contributed by atoms with Gasteiger partial charge in [-0.3, -0.25) is 4.79 Å². The molecule has 2 heterocycles. The predicted octanol–water partition coefficient (Wildman–Crippen LogP) is 1.80. The molecule has 1 aliphatic carbocycles. The van der Waals surface area contributed by atoms with Gasteiger partial charge >= 0.3 is 0 Å². The lowest BCUT2D eigenvalue weighted by Gasteiger charge is -2.08. The Bertz CT molecular complexity index is 648. The minimum atomic E-state index is 0.0185. The van der Waals surface area contributed by atoms with Gasteiger partial charge in [-0.15, -0.1) is 11.6 Å². The van der Waals surface area contributed by atoms with Crippen LogP contribution in [0, 0.1) is 6.92 Å². The molecule has 2 aromatic rings. The number of fused-ring (bicyclic) bond motifs is 1. The van der Waals surface area contributed by atoms with E-state index in [2.05, 4.69) is 15.3 Å². The van der Waals surface area contributed by atoms with Crippen LogP contribution in [0.5, 0.6) is 0 Å². The number of aryl methyl sites for hydroxylation is 2. The first-order valence-corrected chi connectivity index (χ1v) is 7.38. The van der Waals surface area contributed by atoms with Crippen molar-refractivity contribution in [1.82, 2.24) is 19.9 Å². The third-order valence-corrected chi connectivity index (χ3v) is 3.55. The van der Waals surface area contributed by atoms with Crippen molar-refractivity contribution in [3.05, 3.63) is 23.7 Å². The Morgan fingerprint density at radius 1 is 1.55 bits per heavy atom. The average Bonchev–Trinajstić information content (AvgIpc) is 3.14. The second-order valence-corrected chi connectivity index (χ2v) is 5.63. The molecule has 1 saturated carbocycles. The molecule has 3 rings (SSSR count). The van der Waals surface area contributed by atoms with Gasteiger partial charge in [0.25, 0.3) is 0 Å². The van der Waals surface area contributed by atoms with E-state index in [4.69, 9.17) is 11.6 Å². The number of rotatable bonds is 5. The molecule has 106 valence electrons. The first-order valence-electron chi connectivity index (χ1n) is 6.84. The van der Waals surface area contributed by atoms with Crippen LogP contribution in [-0.2, 0) is 17.8 Å². The number of hydrogen-bond acceptors (Lipinski definition) is 3. The normalized spacial score (nSPS) is 14.7. The lowest BCUT2D eigenvalue weighted by atomic mass is 10.3. The highest BCUT2D eigenvalue weighted by Gasteiger charge is 2.24. The number of carbonyl (C=O) groups is 1. The average molecular weight is 293 g/mol. The van der Waals surface area contributed by atoms with Crippen LogP contribution in [-0.4, -0.2) is 32.4 Å². The number of nitrogens with one attached hydrogen (secondary N) is 1. The quantitative estimate of drug-likeness (QED) is 0.855. The first-order chi connectivity index (χ1) is 9.67. The van der Waals surface area contributed by atoms with E-state index in [1.54, 1.807) is 6.20 Å². The van der Waals surface area contributed by atoms with E-state index in [0.717, 1.165) is 35.4 Å². The third-order valence-electron chi connectivity index (χ3n) is 3.36. The first kappa shape index (κ1) is 13.4. The standard InChI is InChI=1S/C14H17ClN4O/c1-9-6-11-14(16-7-9)19(12(18-11)4-5-15)8-13(20)17-10-2-3-10/h6-7,10H,2-5,8H2,1H3,(H,17,20). The van der Waals surface area contributed by atoms with Crippen LogP contribution < -0.4 is 5.32 Å². The topological polar surface area (TPSA) is 59.8 Å². The largest absolute Gasteiger partial charge is 0.352 e. The Kier molecular flexibility index (Phi) is 3.61. The molecule has 0 unspecified atom stereocenters. The number of alkyl halides is 1. The van der Waals surface area contributed by atoms with Crippen molar-refractivity contribution in [3.8, 4) is 0 Å². The van der Waals surface area contributed by atoms with E-state index in [0.29, 0.717) is 18.3 Å². The van der Waals surface area contributed by atoms with Crippen molar-refractivity contribution >= 4 is 28.7 Å². The van der Waals surface area contributed by atoms with E-state index >= 15 is 0 Å². The zero-order valence-electron chi connectivity index (χ0n) is 11.4. The van der Waals surface area contributed by atoms with E-state index in [1.165, 1.54) is 0 Å². The summed E-state index contributed by atoms with van der Waals surface area (Å²) in [7, 11) is 0. The van der Waals surface area contributed by atoms with Gasteiger partial charge in [-0.1, -0.05) is 0 Å². The number of pyridine rings is 1. The van der Waals surface area contributed by atoms with Gasteiger partial charge in [0.15, 0.2) is 5.65 Å². The summed E-state index contributed by atoms with van der Waals surface area (Å²) in [6, 6.07) is 2.35. The Labute approximate surface area is 122 Å². The van der Waals surface area contributed by atoms with Gasteiger partial charge in [0.05, 0.1) is 0 Å². The van der Waals surface area contributed by atoms with Gasteiger partial charge in [-0.05, 0) is 31.4 Å². The van der Waals surface area contributed by atoms with Crippen molar-refractivity contribution in [2.75, 3.05) is 5.88 Å². The fourth-order valence-electron chi connectivity index (χ4n) is 2.24. The summed E-state index contributed by atoms with van der Waals surface area (Å²) >= 11 is 5.82. The molecule has 1 fully saturated rings. The zero-order chi connectivity index (χ0) is 14.1. The SMILES string of the molecule is Cc1cnc2c(c1)nc(CCCl)n2CC(=O)NC1CC1. The molecule has 6 heteroatoms. The Morgan fingerprint density at radius 2 is 2.35 bits per heavy atom. The van der Waals surface area contributed by atoms with Crippen molar-refractivity contribution in [1.29, 1.82) is 0 Å². The number of hydrogen-bond donors (Lipinski definition) is 1. The van der Waals surface area contributed by atoms with Crippen molar-refractivity contribution in [2.24, 2.45) is 0 Å². The second kappa shape index (κ2) is 5.40. The second-order valence-electron chi connectivity index (χ2n) is 5.25. The molecule has 0 bridgehead atoms. The highest BCUT2D eigenvalue weighted by atomic mass is 35.5. The maximum Gasteiger partial charge on any atom is 0.240 e. The van der Waals surface area contributed by atoms with E-state index in [1.807, 2.05) is 17.6 Å². The van der Waals surface area contributed by atoms with Crippen molar-refractivity contribution in [2.45, 2.75) is 38.8 Å². The van der Waals surface area contributed by atoms with Crippen molar-refractivity contribution in [3.63, 3.8) is 0 Å². The van der Waals surface area contributed by atoms with Crippen LogP contribution in [0.4, 0.5) is 0 Å². The van der Waals surface area contributed by atoms with Crippen LogP contribution >= 0.6 is 11.6 Å². The fourth-order valence-corrected chi connectivity index (χ4v) is 2.41. The summed E-state index contributed by atoms with van der Waals surface area (Å²) in [6.07, 6.45) is 4.60. The predicted molar refractivity (Wildman–Crippen MR) is 77.9 cm³/mol. The van der Waals surface area contributed by atoms with Gasteiger partial charge in [-0.25, -0.2) is 9.97 Å². The Hall–Kier alpha value is -1.62. The summed E-state index contributed by atoms with van der Waals surface area (Å²) < 4.78 is 1.87. The molecule has 2 aromatic heterocycles. The molecule has 1 N–H and O–H groups in total. The van der Waals surface area contributed by atoms with Crippen molar-refractivity contribution < 1.29 is 4.79 Å². The smallest absolute Gasteiger partial charge is 0.240 e. The van der Waals surface area contributed by atoms with E-state index < -0.39 is 0 Å². The molecule has 0 aromatic carbocycles. The summed E-state index contributed by atoms with van der Waals surface area (Å²) in [5.41, 5.74) is 2.63. The van der Waals surface area contributed by atoms with Gasteiger partial charge in [0.2, 0.25) is 5.91 Å². The number of aromatic nitrogens is 3. The molecule has 0 atom stereocenters. The minimum Gasteiger partial charge on any atom is -0.352 e. The molecule has 0 radical (unpaired) electrons. The van der Waals surface area contributed by atoms with Gasteiger partial charge in [-0.2, -0.15) is 0 Å². The summed E-state index contributed by atoms with van der Waals surface area (Å²) in [6.45, 7) is 2.24. The summed E-state index contributed by atoms with van der Waals surface area (Å²) in [5.74, 6) is 1.32. The lowest BCUT2D eigenvalue weighted by molar-refractivity contribution is -0.121. The molecule has 1 aliphatic rings. The fraction of sp³-hybridized carbons (Fsp3) is 0.500. The van der Waals surface area contributed by atoms with Gasteiger partial charge in [0, 0.05) is 24.5 Å². The number of carbonyl (C=O) groups excluding carboxylic acids is 1. The number of imidazole rings is 1. The van der Waals surface area contributed by atoms with Crippen LogP contribution in [0.3, 0.4) is 0 Å². The molecule has 1 amide bonds. The maximum atomic E-state index is 12.0. The summed E-state index contributed by atoms with van der Waals surface area (Å²) in [5, 5.41) is 2.99. The van der Waals surface area contributed by atoms with Crippen LogP contribution in [0.2, 0.25) is 0 Å². The molecule has 20 heavy (non-hydrogen) atoms. The van der Waals surface area contributed by atoms with Crippen LogP contribution in [0.15, 0.2) is 12.3 Å². The molecule has 5 nitrogen and oxygen atoms in total. The molecular weight excluding hydrogens is 276 g/mol. The number of nitrogens with zero attached hydrogens (tertiary/aromatic N) is 3. The highest BCUT2D eigenvalue weighted by molar-refractivity contribution is 6.17. The van der Waals surface area contributed by atoms with Crippen LogP contribution in [0.25, 0.3) is 11.2 Å². The van der Waals surface area contributed by atoms with Gasteiger partial charge in [0.1, 0.15) is 17.9 Å².